The number of carbonyl (C=O) groups excluding carboxylic acids is 1. The maximum Gasteiger partial charge on any atom is 0.315 e. The molecule has 15 heavy (non-hydrogen) atoms. The van der Waals surface area contributed by atoms with Gasteiger partial charge in [0.05, 0.1) is 5.41 Å². The lowest BCUT2D eigenvalue weighted by Gasteiger charge is -2.23. The molecule has 2 N–H and O–H groups in total. The van der Waals surface area contributed by atoms with Crippen LogP contribution in [0.1, 0.15) is 25.7 Å². The van der Waals surface area contributed by atoms with Gasteiger partial charge in [0.1, 0.15) is 0 Å². The lowest BCUT2D eigenvalue weighted by molar-refractivity contribution is -0.149. The van der Waals surface area contributed by atoms with E-state index >= 15 is 0 Å². The molecule has 1 aliphatic rings. The number of carboxylic acids is 1. The van der Waals surface area contributed by atoms with E-state index in [1.54, 1.807) is 0 Å². The molecule has 0 heterocycles. The SMILES string of the molecule is O=C(NCC1(C(=O)O)CCCC1)C(F)F. The molecule has 0 atom stereocenters. The average Bonchev–Trinajstić information content (AvgIpc) is 2.63. The third kappa shape index (κ3) is 2.64. The first kappa shape index (κ1) is 11.9. The second-order valence-corrected chi connectivity index (χ2v) is 3.81. The number of aliphatic carboxylic acids is 1. The van der Waals surface area contributed by atoms with E-state index in [0.29, 0.717) is 12.8 Å². The van der Waals surface area contributed by atoms with Crippen LogP contribution in [0.2, 0.25) is 0 Å². The first-order valence-corrected chi connectivity index (χ1v) is 4.77. The highest BCUT2D eigenvalue weighted by molar-refractivity contribution is 5.81. The minimum absolute atomic E-state index is 0.203. The molecule has 1 amide bonds. The summed E-state index contributed by atoms with van der Waals surface area (Å²) in [6, 6.07) is 0. The van der Waals surface area contributed by atoms with Gasteiger partial charge in [-0.1, -0.05) is 12.8 Å². The van der Waals surface area contributed by atoms with Crippen LogP contribution in [0.4, 0.5) is 8.78 Å². The van der Waals surface area contributed by atoms with Crippen LogP contribution >= 0.6 is 0 Å². The Balaban J connectivity index is 2.53. The van der Waals surface area contributed by atoms with Crippen molar-refractivity contribution >= 4 is 11.9 Å². The van der Waals surface area contributed by atoms with Gasteiger partial charge in [-0.3, -0.25) is 9.59 Å². The van der Waals surface area contributed by atoms with E-state index in [2.05, 4.69) is 0 Å². The van der Waals surface area contributed by atoms with Crippen molar-refractivity contribution < 1.29 is 23.5 Å². The first-order valence-electron chi connectivity index (χ1n) is 4.77. The number of rotatable bonds is 4. The van der Waals surface area contributed by atoms with Gasteiger partial charge >= 0.3 is 12.4 Å². The van der Waals surface area contributed by atoms with Crippen molar-refractivity contribution in [3.8, 4) is 0 Å². The third-order valence-corrected chi connectivity index (χ3v) is 2.81. The standard InChI is InChI=1S/C9H13F2NO3/c10-6(11)7(13)12-5-9(8(14)15)3-1-2-4-9/h6H,1-5H2,(H,12,13)(H,14,15). The fourth-order valence-electron chi connectivity index (χ4n) is 1.85. The van der Waals surface area contributed by atoms with Gasteiger partial charge in [-0.05, 0) is 12.8 Å². The van der Waals surface area contributed by atoms with Gasteiger partial charge in [0.2, 0.25) is 0 Å². The number of alkyl halides is 2. The molecule has 4 nitrogen and oxygen atoms in total. The largest absolute Gasteiger partial charge is 0.481 e. The average molecular weight is 221 g/mol. The first-order chi connectivity index (χ1) is 6.98. The number of carbonyl (C=O) groups is 2. The molecule has 86 valence electrons. The Morgan fingerprint density at radius 1 is 1.33 bits per heavy atom. The van der Waals surface area contributed by atoms with Gasteiger partial charge < -0.3 is 10.4 Å². The number of hydrogen-bond donors (Lipinski definition) is 2. The van der Waals surface area contributed by atoms with E-state index in [1.807, 2.05) is 5.32 Å². The third-order valence-electron chi connectivity index (χ3n) is 2.81. The number of amides is 1. The molecule has 1 aliphatic carbocycles. The van der Waals surface area contributed by atoms with Crippen LogP contribution in [-0.2, 0) is 9.59 Å². The molecule has 0 saturated heterocycles. The van der Waals surface area contributed by atoms with E-state index in [0.717, 1.165) is 12.8 Å². The maximum atomic E-state index is 11.9. The normalized spacial score (nSPS) is 19.1. The van der Waals surface area contributed by atoms with Crippen LogP contribution in [-0.4, -0.2) is 30.0 Å². The van der Waals surface area contributed by atoms with Crippen LogP contribution in [0.5, 0.6) is 0 Å². The smallest absolute Gasteiger partial charge is 0.315 e. The number of carboxylic acid groups (broad SMARTS) is 1. The molecule has 0 bridgehead atoms. The zero-order valence-corrected chi connectivity index (χ0v) is 8.13. The molecular formula is C9H13F2NO3. The van der Waals surface area contributed by atoms with Gasteiger partial charge in [-0.15, -0.1) is 0 Å². The van der Waals surface area contributed by atoms with Crippen LogP contribution in [0, 0.1) is 5.41 Å². The number of nitrogens with one attached hydrogen (secondary N) is 1. The molecule has 1 saturated carbocycles. The lowest BCUT2D eigenvalue weighted by atomic mass is 9.86. The molecule has 1 rings (SSSR count). The minimum Gasteiger partial charge on any atom is -0.481 e. The molecule has 6 heteroatoms. The topological polar surface area (TPSA) is 66.4 Å². The summed E-state index contributed by atoms with van der Waals surface area (Å²) in [6.45, 7) is -0.203. The fourth-order valence-corrected chi connectivity index (χ4v) is 1.85. The highest BCUT2D eigenvalue weighted by Gasteiger charge is 2.41. The Kier molecular flexibility index (Phi) is 3.60. The van der Waals surface area contributed by atoms with E-state index in [1.165, 1.54) is 0 Å². The molecule has 0 aliphatic heterocycles. The summed E-state index contributed by atoms with van der Waals surface area (Å²) < 4.78 is 23.7. The predicted molar refractivity (Wildman–Crippen MR) is 47.6 cm³/mol. The van der Waals surface area contributed by atoms with Crippen molar-refractivity contribution in [2.45, 2.75) is 32.1 Å². The van der Waals surface area contributed by atoms with Crippen LogP contribution in [0.3, 0.4) is 0 Å². The molecular weight excluding hydrogens is 208 g/mol. The highest BCUT2D eigenvalue weighted by atomic mass is 19.3. The Labute approximate surface area is 85.7 Å². The summed E-state index contributed by atoms with van der Waals surface area (Å²) in [7, 11) is 0. The molecule has 0 aromatic rings. The molecule has 0 aromatic heterocycles. The summed E-state index contributed by atoms with van der Waals surface area (Å²) in [5.41, 5.74) is -1.04. The van der Waals surface area contributed by atoms with E-state index in [9.17, 15) is 18.4 Å². The minimum atomic E-state index is -3.09. The molecule has 1 fully saturated rings. The zero-order valence-electron chi connectivity index (χ0n) is 8.13. The van der Waals surface area contributed by atoms with Crippen molar-refractivity contribution in [3.63, 3.8) is 0 Å². The molecule has 0 radical (unpaired) electrons. The predicted octanol–water partition coefficient (Wildman–Crippen LogP) is 1.01. The zero-order chi connectivity index (χ0) is 11.5. The van der Waals surface area contributed by atoms with E-state index in [4.69, 9.17) is 5.11 Å². The summed E-state index contributed by atoms with van der Waals surface area (Å²) in [6.07, 6.45) is -0.692. The summed E-state index contributed by atoms with van der Waals surface area (Å²) in [5, 5.41) is 11.0. The monoisotopic (exact) mass is 221 g/mol. The second-order valence-electron chi connectivity index (χ2n) is 3.81. The molecule has 0 aromatic carbocycles. The Hall–Kier alpha value is -1.20. The van der Waals surface area contributed by atoms with Crippen LogP contribution in [0.15, 0.2) is 0 Å². The van der Waals surface area contributed by atoms with Crippen molar-refractivity contribution in [3.05, 3.63) is 0 Å². The molecule has 0 spiro atoms. The van der Waals surface area contributed by atoms with Gasteiger partial charge in [-0.25, -0.2) is 0 Å². The molecule has 0 unspecified atom stereocenters. The van der Waals surface area contributed by atoms with Crippen LogP contribution < -0.4 is 5.32 Å². The summed E-state index contributed by atoms with van der Waals surface area (Å²) >= 11 is 0. The fraction of sp³-hybridized carbons (Fsp3) is 0.778. The van der Waals surface area contributed by atoms with Gasteiger partial charge in [0.25, 0.3) is 5.91 Å². The second kappa shape index (κ2) is 4.55. The Bertz CT molecular complexity index is 262. The van der Waals surface area contributed by atoms with E-state index < -0.39 is 23.7 Å². The van der Waals surface area contributed by atoms with Gasteiger partial charge in [0.15, 0.2) is 0 Å². The maximum absolute atomic E-state index is 11.9. The number of halogens is 2. The van der Waals surface area contributed by atoms with E-state index in [-0.39, 0.29) is 6.54 Å². The summed E-state index contributed by atoms with van der Waals surface area (Å²) in [4.78, 5) is 21.6. The van der Waals surface area contributed by atoms with Crippen molar-refractivity contribution in [1.29, 1.82) is 0 Å². The lowest BCUT2D eigenvalue weighted by Crippen LogP contribution is -2.43. The van der Waals surface area contributed by atoms with Crippen molar-refractivity contribution in [2.24, 2.45) is 5.41 Å². The Morgan fingerprint density at radius 2 is 1.87 bits per heavy atom. The highest BCUT2D eigenvalue weighted by Crippen LogP contribution is 2.37. The Morgan fingerprint density at radius 3 is 2.27 bits per heavy atom. The van der Waals surface area contributed by atoms with Gasteiger partial charge in [0, 0.05) is 6.54 Å². The number of hydrogen-bond acceptors (Lipinski definition) is 2. The van der Waals surface area contributed by atoms with Gasteiger partial charge in [-0.2, -0.15) is 8.78 Å². The quantitative estimate of drug-likeness (QED) is 0.744. The van der Waals surface area contributed by atoms with Crippen molar-refractivity contribution in [2.75, 3.05) is 6.54 Å². The summed E-state index contributed by atoms with van der Waals surface area (Å²) in [5.74, 6) is -2.42. The van der Waals surface area contributed by atoms with Crippen molar-refractivity contribution in [1.82, 2.24) is 5.32 Å². The van der Waals surface area contributed by atoms with Crippen LogP contribution in [0.25, 0.3) is 0 Å².